The summed E-state index contributed by atoms with van der Waals surface area (Å²) in [7, 11) is -4.76. The molecule has 0 aliphatic carbocycles. The highest BCUT2D eigenvalue weighted by atomic mass is 32.2. The molecule has 4 rings (SSSR count). The van der Waals surface area contributed by atoms with Crippen molar-refractivity contribution in [2.45, 2.75) is 24.1 Å². The molecule has 0 aliphatic heterocycles. The fourth-order valence-electron chi connectivity index (χ4n) is 3.81. The van der Waals surface area contributed by atoms with Gasteiger partial charge in [-0.05, 0) is 53.6 Å². The maximum atomic E-state index is 14.1. The van der Waals surface area contributed by atoms with Gasteiger partial charge >= 0.3 is 18.8 Å². The van der Waals surface area contributed by atoms with E-state index in [1.54, 1.807) is 0 Å². The van der Waals surface area contributed by atoms with Crippen LogP contribution in [0.5, 0.6) is 5.75 Å². The van der Waals surface area contributed by atoms with Gasteiger partial charge < -0.3 is 9.84 Å². The molecule has 0 atom stereocenters. The van der Waals surface area contributed by atoms with Gasteiger partial charge in [0.1, 0.15) is 11.6 Å². The van der Waals surface area contributed by atoms with E-state index in [0.717, 1.165) is 30.3 Å². The SMILES string of the molecule is O=C(O)Cc1cc2ccc(-c3cc(F)cc(OC(F)F)c3)cc2n1S(=O)(=O)c1cccc(C(F)(F)F)c1. The molecule has 0 amide bonds. The van der Waals surface area contributed by atoms with Crippen molar-refractivity contribution in [2.24, 2.45) is 0 Å². The third kappa shape index (κ3) is 5.40. The van der Waals surface area contributed by atoms with Crippen molar-refractivity contribution in [1.29, 1.82) is 0 Å². The minimum absolute atomic E-state index is 0.0292. The molecule has 4 aromatic rings. The van der Waals surface area contributed by atoms with E-state index in [9.17, 15) is 44.7 Å². The Balaban J connectivity index is 1.94. The first-order valence-corrected chi connectivity index (χ1v) is 11.7. The van der Waals surface area contributed by atoms with Crippen LogP contribution in [0.1, 0.15) is 11.3 Å². The molecule has 0 radical (unpaired) electrons. The molecule has 3 aromatic carbocycles. The van der Waals surface area contributed by atoms with Crippen LogP contribution >= 0.6 is 0 Å². The lowest BCUT2D eigenvalue weighted by Gasteiger charge is -2.14. The Morgan fingerprint density at radius 1 is 0.973 bits per heavy atom. The number of carboxylic acids is 1. The molecule has 0 fully saturated rings. The summed E-state index contributed by atoms with van der Waals surface area (Å²) in [6, 6.07) is 11.0. The van der Waals surface area contributed by atoms with Crippen molar-refractivity contribution >= 4 is 26.9 Å². The number of carboxylic acid groups (broad SMARTS) is 1. The van der Waals surface area contributed by atoms with Crippen LogP contribution < -0.4 is 4.74 Å². The standard InChI is InChI=1S/C24H15F6NO5S/c25-17-6-15(8-19(11-17)36-23(26)27)13-4-5-14-7-18(12-22(32)33)31(21(14)9-13)37(34,35)20-3-1-2-16(10-20)24(28,29)30/h1-11,23H,12H2,(H,32,33). The number of halogens is 6. The zero-order valence-corrected chi connectivity index (χ0v) is 19.2. The lowest BCUT2D eigenvalue weighted by molar-refractivity contribution is -0.138. The zero-order valence-electron chi connectivity index (χ0n) is 18.3. The topological polar surface area (TPSA) is 85.6 Å². The van der Waals surface area contributed by atoms with Crippen LogP contribution in [-0.2, 0) is 27.4 Å². The Bertz CT molecular complexity index is 1610. The van der Waals surface area contributed by atoms with Crippen molar-refractivity contribution in [3.05, 3.63) is 83.8 Å². The number of ether oxygens (including phenoxy) is 1. The van der Waals surface area contributed by atoms with Crippen LogP contribution in [-0.4, -0.2) is 30.1 Å². The lowest BCUT2D eigenvalue weighted by atomic mass is 10.0. The van der Waals surface area contributed by atoms with Gasteiger partial charge in [-0.25, -0.2) is 16.8 Å². The van der Waals surface area contributed by atoms with E-state index >= 15 is 0 Å². The number of hydrogen-bond donors (Lipinski definition) is 1. The van der Waals surface area contributed by atoms with Gasteiger partial charge in [0.2, 0.25) is 0 Å². The third-order valence-electron chi connectivity index (χ3n) is 5.29. The van der Waals surface area contributed by atoms with Crippen molar-refractivity contribution in [1.82, 2.24) is 3.97 Å². The lowest BCUT2D eigenvalue weighted by Crippen LogP contribution is -2.18. The summed E-state index contributed by atoms with van der Waals surface area (Å²) in [6.45, 7) is -3.23. The first-order valence-electron chi connectivity index (χ1n) is 10.3. The number of aliphatic carboxylic acids is 1. The number of carbonyl (C=O) groups is 1. The molecular formula is C24H15F6NO5S. The van der Waals surface area contributed by atoms with Crippen LogP contribution in [0.2, 0.25) is 0 Å². The number of hydrogen-bond acceptors (Lipinski definition) is 4. The molecule has 0 bridgehead atoms. The van der Waals surface area contributed by atoms with Crippen molar-refractivity contribution in [2.75, 3.05) is 0 Å². The second-order valence-corrected chi connectivity index (χ2v) is 9.62. The number of nitrogens with zero attached hydrogens (tertiary/aromatic N) is 1. The number of aromatic nitrogens is 1. The highest BCUT2D eigenvalue weighted by molar-refractivity contribution is 7.90. The van der Waals surface area contributed by atoms with Gasteiger partial charge in [0.05, 0.1) is 22.4 Å². The number of alkyl halides is 5. The van der Waals surface area contributed by atoms with Gasteiger partial charge in [0, 0.05) is 17.1 Å². The molecule has 37 heavy (non-hydrogen) atoms. The number of rotatable bonds is 7. The average molecular weight is 543 g/mol. The average Bonchev–Trinajstić information content (AvgIpc) is 3.14. The van der Waals surface area contributed by atoms with Crippen molar-refractivity contribution in [3.8, 4) is 16.9 Å². The van der Waals surface area contributed by atoms with E-state index in [4.69, 9.17) is 0 Å². The molecule has 1 aromatic heterocycles. The van der Waals surface area contributed by atoms with E-state index < -0.39 is 57.2 Å². The fourth-order valence-corrected chi connectivity index (χ4v) is 5.39. The van der Waals surface area contributed by atoms with Crippen LogP contribution in [0, 0.1) is 5.82 Å². The Morgan fingerprint density at radius 3 is 2.35 bits per heavy atom. The number of benzene rings is 3. The van der Waals surface area contributed by atoms with E-state index in [0.29, 0.717) is 16.1 Å². The first-order chi connectivity index (χ1) is 17.3. The Labute approximate surface area is 205 Å². The van der Waals surface area contributed by atoms with Crippen molar-refractivity contribution < 1.29 is 49.4 Å². The molecule has 6 nitrogen and oxygen atoms in total. The predicted molar refractivity (Wildman–Crippen MR) is 119 cm³/mol. The minimum Gasteiger partial charge on any atom is -0.481 e. The molecule has 0 unspecified atom stereocenters. The molecule has 194 valence electrons. The second kappa shape index (κ2) is 9.47. The number of fused-ring (bicyclic) bond motifs is 1. The molecule has 13 heteroatoms. The summed E-state index contributed by atoms with van der Waals surface area (Å²) < 4.78 is 111. The molecule has 1 heterocycles. The molecule has 1 N–H and O–H groups in total. The summed E-state index contributed by atoms with van der Waals surface area (Å²) >= 11 is 0. The van der Waals surface area contributed by atoms with Crippen LogP contribution in [0.3, 0.4) is 0 Å². The van der Waals surface area contributed by atoms with Crippen molar-refractivity contribution in [3.63, 3.8) is 0 Å². The highest BCUT2D eigenvalue weighted by Gasteiger charge is 2.33. The monoisotopic (exact) mass is 543 g/mol. The quantitative estimate of drug-likeness (QED) is 0.292. The Kier molecular flexibility index (Phi) is 6.67. The fraction of sp³-hybridized carbons (Fsp3) is 0.125. The summed E-state index contributed by atoms with van der Waals surface area (Å²) in [4.78, 5) is 10.7. The molecule has 0 spiro atoms. The van der Waals surface area contributed by atoms with Crippen LogP contribution in [0.15, 0.2) is 71.6 Å². The second-order valence-electron chi connectivity index (χ2n) is 7.83. The molecule has 0 aliphatic rings. The van der Waals surface area contributed by atoms with Gasteiger partial charge in [0.15, 0.2) is 0 Å². The minimum atomic E-state index is -4.84. The summed E-state index contributed by atoms with van der Waals surface area (Å²) in [5, 5.41) is 9.51. The summed E-state index contributed by atoms with van der Waals surface area (Å²) in [5.74, 6) is -2.82. The molecule has 0 saturated carbocycles. The van der Waals surface area contributed by atoms with Gasteiger partial charge in [-0.15, -0.1) is 0 Å². The predicted octanol–water partition coefficient (Wildman–Crippen LogP) is 5.93. The van der Waals surface area contributed by atoms with Gasteiger partial charge in [-0.1, -0.05) is 18.2 Å². The molecule has 0 saturated heterocycles. The highest BCUT2D eigenvalue weighted by Crippen LogP contribution is 2.34. The van der Waals surface area contributed by atoms with E-state index in [1.165, 1.54) is 24.3 Å². The maximum Gasteiger partial charge on any atom is 0.416 e. The third-order valence-corrected chi connectivity index (χ3v) is 7.06. The van der Waals surface area contributed by atoms with Crippen LogP contribution in [0.25, 0.3) is 22.0 Å². The van der Waals surface area contributed by atoms with Crippen LogP contribution in [0.4, 0.5) is 26.3 Å². The maximum absolute atomic E-state index is 14.1. The Hall–Kier alpha value is -4.00. The normalized spacial score (nSPS) is 12.3. The van der Waals surface area contributed by atoms with Gasteiger partial charge in [0.25, 0.3) is 10.0 Å². The summed E-state index contributed by atoms with van der Waals surface area (Å²) in [5.41, 5.74) is -1.42. The largest absolute Gasteiger partial charge is 0.481 e. The smallest absolute Gasteiger partial charge is 0.416 e. The van der Waals surface area contributed by atoms with E-state index in [2.05, 4.69) is 4.74 Å². The first kappa shape index (κ1) is 26.1. The zero-order chi connectivity index (χ0) is 27.1. The van der Waals surface area contributed by atoms with E-state index in [1.807, 2.05) is 0 Å². The van der Waals surface area contributed by atoms with E-state index in [-0.39, 0.29) is 27.7 Å². The summed E-state index contributed by atoms with van der Waals surface area (Å²) in [6.07, 6.45) is -5.62. The Morgan fingerprint density at radius 2 is 1.70 bits per heavy atom. The van der Waals surface area contributed by atoms with Gasteiger partial charge in [-0.2, -0.15) is 22.0 Å². The molecular weight excluding hydrogens is 528 g/mol. The van der Waals surface area contributed by atoms with Gasteiger partial charge in [-0.3, -0.25) is 4.79 Å².